The second kappa shape index (κ2) is 4.94. The van der Waals surface area contributed by atoms with Crippen molar-refractivity contribution in [1.29, 1.82) is 0 Å². The van der Waals surface area contributed by atoms with Crippen LogP contribution in [0.25, 0.3) is 0 Å². The molecule has 15 heavy (non-hydrogen) atoms. The van der Waals surface area contributed by atoms with Crippen LogP contribution in [0.3, 0.4) is 0 Å². The Labute approximate surface area is 90.9 Å². The molecule has 0 aromatic heterocycles. The number of anilines is 1. The van der Waals surface area contributed by atoms with E-state index in [-0.39, 0.29) is 12.5 Å². The fourth-order valence-corrected chi connectivity index (χ4v) is 1.75. The number of hydrogen-bond donors (Lipinski definition) is 1. The number of nitrogens with two attached hydrogens (primary N) is 1. The van der Waals surface area contributed by atoms with E-state index < -0.39 is 0 Å². The highest BCUT2D eigenvalue weighted by Gasteiger charge is 2.14. The van der Waals surface area contributed by atoms with Gasteiger partial charge in [-0.1, -0.05) is 25.1 Å². The number of amides is 1. The van der Waals surface area contributed by atoms with Crippen molar-refractivity contribution in [3.8, 4) is 0 Å². The van der Waals surface area contributed by atoms with E-state index >= 15 is 0 Å². The van der Waals surface area contributed by atoms with Crippen LogP contribution in [-0.4, -0.2) is 19.5 Å². The zero-order chi connectivity index (χ0) is 11.4. The van der Waals surface area contributed by atoms with Gasteiger partial charge in [0.05, 0.1) is 6.54 Å². The van der Waals surface area contributed by atoms with Gasteiger partial charge < -0.3 is 10.6 Å². The maximum Gasteiger partial charge on any atom is 0.240 e. The average molecular weight is 206 g/mol. The van der Waals surface area contributed by atoms with Gasteiger partial charge in [0, 0.05) is 12.7 Å². The van der Waals surface area contributed by atoms with Crippen LogP contribution < -0.4 is 10.6 Å². The predicted molar refractivity (Wildman–Crippen MR) is 63.0 cm³/mol. The molecule has 0 aliphatic rings. The monoisotopic (exact) mass is 206 g/mol. The summed E-state index contributed by atoms with van der Waals surface area (Å²) in [6, 6.07) is 6.07. The van der Waals surface area contributed by atoms with Gasteiger partial charge in [0.15, 0.2) is 0 Å². The van der Waals surface area contributed by atoms with Crippen molar-refractivity contribution in [2.45, 2.75) is 20.3 Å². The minimum atomic E-state index is -0.0565. The Morgan fingerprint density at radius 3 is 2.67 bits per heavy atom. The normalized spacial score (nSPS) is 10.1. The molecule has 0 saturated heterocycles. The van der Waals surface area contributed by atoms with Crippen LogP contribution in [0.15, 0.2) is 18.2 Å². The molecule has 1 aromatic rings. The van der Waals surface area contributed by atoms with Crippen LogP contribution in [0.1, 0.15) is 18.1 Å². The lowest BCUT2D eigenvalue weighted by Crippen LogP contribution is -2.33. The standard InChI is InChI=1S/C12H18N2O/c1-4-10-7-5-6-9(2)12(10)14(3)11(15)8-13/h5-7H,4,8,13H2,1-3H3. The maximum absolute atomic E-state index is 11.5. The molecule has 0 saturated carbocycles. The van der Waals surface area contributed by atoms with Gasteiger partial charge in [-0.15, -0.1) is 0 Å². The molecule has 1 aromatic carbocycles. The molecule has 0 heterocycles. The molecule has 0 radical (unpaired) electrons. The molecule has 1 amide bonds. The highest BCUT2D eigenvalue weighted by molar-refractivity contribution is 5.95. The maximum atomic E-state index is 11.5. The van der Waals surface area contributed by atoms with Crippen molar-refractivity contribution >= 4 is 11.6 Å². The molecule has 2 N–H and O–H groups in total. The molecule has 3 heteroatoms. The van der Waals surface area contributed by atoms with Crippen LogP contribution in [0.4, 0.5) is 5.69 Å². The fourth-order valence-electron chi connectivity index (χ4n) is 1.75. The average Bonchev–Trinajstić information content (AvgIpc) is 2.26. The quantitative estimate of drug-likeness (QED) is 0.814. The first kappa shape index (κ1) is 11.7. The number of hydrogen-bond acceptors (Lipinski definition) is 2. The highest BCUT2D eigenvalue weighted by Crippen LogP contribution is 2.24. The summed E-state index contributed by atoms with van der Waals surface area (Å²) in [6.07, 6.45) is 0.916. The number of para-hydroxylation sites is 1. The molecule has 0 fully saturated rings. The molecular weight excluding hydrogens is 188 g/mol. The van der Waals surface area contributed by atoms with Gasteiger partial charge in [0.25, 0.3) is 0 Å². The van der Waals surface area contributed by atoms with Crippen molar-refractivity contribution in [2.24, 2.45) is 5.73 Å². The van der Waals surface area contributed by atoms with Crippen LogP contribution in [-0.2, 0) is 11.2 Å². The first-order valence-corrected chi connectivity index (χ1v) is 5.17. The largest absolute Gasteiger partial charge is 0.322 e. The van der Waals surface area contributed by atoms with Gasteiger partial charge in [0.2, 0.25) is 5.91 Å². The van der Waals surface area contributed by atoms with E-state index in [0.717, 1.165) is 17.7 Å². The number of benzene rings is 1. The van der Waals surface area contributed by atoms with Crippen molar-refractivity contribution < 1.29 is 4.79 Å². The molecule has 0 atom stereocenters. The van der Waals surface area contributed by atoms with Crippen molar-refractivity contribution in [2.75, 3.05) is 18.5 Å². The number of likely N-dealkylation sites (N-methyl/N-ethyl adjacent to an activating group) is 1. The Morgan fingerprint density at radius 1 is 1.47 bits per heavy atom. The predicted octanol–water partition coefficient (Wildman–Crippen LogP) is 1.48. The first-order valence-electron chi connectivity index (χ1n) is 5.17. The summed E-state index contributed by atoms with van der Waals surface area (Å²) in [7, 11) is 1.77. The number of carbonyl (C=O) groups excluding carboxylic acids is 1. The second-order valence-electron chi connectivity index (χ2n) is 3.59. The van der Waals surface area contributed by atoms with Crippen LogP contribution in [0.2, 0.25) is 0 Å². The van der Waals surface area contributed by atoms with Crippen LogP contribution in [0, 0.1) is 6.92 Å². The lowest BCUT2D eigenvalue weighted by molar-refractivity contribution is -0.117. The van der Waals surface area contributed by atoms with E-state index in [2.05, 4.69) is 6.92 Å². The van der Waals surface area contributed by atoms with Crippen LogP contribution in [0.5, 0.6) is 0 Å². The molecule has 82 valence electrons. The van der Waals surface area contributed by atoms with E-state index in [1.807, 2.05) is 25.1 Å². The third-order valence-electron chi connectivity index (χ3n) is 2.59. The number of carbonyl (C=O) groups is 1. The first-order chi connectivity index (χ1) is 7.11. The molecule has 3 nitrogen and oxygen atoms in total. The minimum absolute atomic E-state index is 0.0496. The van der Waals surface area contributed by atoms with E-state index in [1.54, 1.807) is 11.9 Å². The van der Waals surface area contributed by atoms with E-state index in [9.17, 15) is 4.79 Å². The molecule has 0 unspecified atom stereocenters. The molecule has 0 spiro atoms. The van der Waals surface area contributed by atoms with Gasteiger partial charge in [-0.3, -0.25) is 4.79 Å². The van der Waals surface area contributed by atoms with Crippen molar-refractivity contribution in [3.63, 3.8) is 0 Å². The molecular formula is C12H18N2O. The third kappa shape index (κ3) is 2.36. The van der Waals surface area contributed by atoms with Crippen molar-refractivity contribution in [3.05, 3.63) is 29.3 Å². The fraction of sp³-hybridized carbons (Fsp3) is 0.417. The number of rotatable bonds is 3. The smallest absolute Gasteiger partial charge is 0.240 e. The summed E-state index contributed by atoms with van der Waals surface area (Å²) >= 11 is 0. The highest BCUT2D eigenvalue weighted by atomic mass is 16.2. The molecule has 1 rings (SSSR count). The summed E-state index contributed by atoms with van der Waals surface area (Å²) in [5.41, 5.74) is 8.65. The Balaban J connectivity index is 3.16. The molecule has 0 aliphatic carbocycles. The number of aryl methyl sites for hydroxylation is 2. The summed E-state index contributed by atoms with van der Waals surface area (Å²) in [6.45, 7) is 4.14. The SMILES string of the molecule is CCc1cccc(C)c1N(C)C(=O)CN. The van der Waals surface area contributed by atoms with Gasteiger partial charge in [-0.05, 0) is 24.5 Å². The lowest BCUT2D eigenvalue weighted by Gasteiger charge is -2.22. The zero-order valence-electron chi connectivity index (χ0n) is 9.58. The van der Waals surface area contributed by atoms with E-state index in [0.29, 0.717) is 0 Å². The van der Waals surface area contributed by atoms with Crippen molar-refractivity contribution in [1.82, 2.24) is 0 Å². The Hall–Kier alpha value is -1.35. The third-order valence-corrected chi connectivity index (χ3v) is 2.59. The Morgan fingerprint density at radius 2 is 2.13 bits per heavy atom. The Bertz CT molecular complexity index is 361. The Kier molecular flexibility index (Phi) is 3.86. The van der Waals surface area contributed by atoms with Gasteiger partial charge in [-0.25, -0.2) is 0 Å². The lowest BCUT2D eigenvalue weighted by atomic mass is 10.0. The number of nitrogens with zero attached hydrogens (tertiary/aromatic N) is 1. The van der Waals surface area contributed by atoms with E-state index in [4.69, 9.17) is 5.73 Å². The van der Waals surface area contributed by atoms with Gasteiger partial charge >= 0.3 is 0 Å². The van der Waals surface area contributed by atoms with E-state index in [1.165, 1.54) is 5.56 Å². The molecule has 0 aliphatic heterocycles. The topological polar surface area (TPSA) is 46.3 Å². The van der Waals surface area contributed by atoms with Gasteiger partial charge in [0.1, 0.15) is 0 Å². The van der Waals surface area contributed by atoms with Crippen LogP contribution >= 0.6 is 0 Å². The minimum Gasteiger partial charge on any atom is -0.322 e. The summed E-state index contributed by atoms with van der Waals surface area (Å²) < 4.78 is 0. The summed E-state index contributed by atoms with van der Waals surface area (Å²) in [5.74, 6) is -0.0565. The molecule has 0 bridgehead atoms. The zero-order valence-corrected chi connectivity index (χ0v) is 9.58. The summed E-state index contributed by atoms with van der Waals surface area (Å²) in [4.78, 5) is 13.2. The summed E-state index contributed by atoms with van der Waals surface area (Å²) in [5, 5.41) is 0. The van der Waals surface area contributed by atoms with Gasteiger partial charge in [-0.2, -0.15) is 0 Å². The second-order valence-corrected chi connectivity index (χ2v) is 3.59.